The summed E-state index contributed by atoms with van der Waals surface area (Å²) in [6, 6.07) is 0. The summed E-state index contributed by atoms with van der Waals surface area (Å²) in [7, 11) is 1.72. The van der Waals surface area contributed by atoms with E-state index in [1.165, 1.54) is 5.57 Å². The third-order valence-electron chi connectivity index (χ3n) is 6.14. The van der Waals surface area contributed by atoms with Gasteiger partial charge in [0.1, 0.15) is 0 Å². The van der Waals surface area contributed by atoms with Crippen molar-refractivity contribution in [2.75, 3.05) is 13.7 Å². The molecule has 3 aliphatic rings. The van der Waals surface area contributed by atoms with Crippen LogP contribution in [0.25, 0.3) is 0 Å². The van der Waals surface area contributed by atoms with Crippen molar-refractivity contribution < 1.29 is 14.6 Å². The molecular formula is C16H26O3. The van der Waals surface area contributed by atoms with E-state index in [2.05, 4.69) is 13.5 Å². The molecule has 2 unspecified atom stereocenters. The van der Waals surface area contributed by atoms with Crippen molar-refractivity contribution >= 4 is 0 Å². The zero-order valence-corrected chi connectivity index (χ0v) is 12.5. The molecule has 0 radical (unpaired) electrons. The first-order chi connectivity index (χ1) is 8.80. The minimum atomic E-state index is -0.662. The molecule has 3 fully saturated rings. The van der Waals surface area contributed by atoms with Crippen LogP contribution in [0.1, 0.15) is 33.6 Å². The Hall–Kier alpha value is -0.380. The van der Waals surface area contributed by atoms with Gasteiger partial charge in [0, 0.05) is 13.0 Å². The fourth-order valence-electron chi connectivity index (χ4n) is 5.00. The zero-order chi connectivity index (χ0) is 14.0. The third-order valence-corrected chi connectivity index (χ3v) is 6.14. The Kier molecular flexibility index (Phi) is 2.91. The third kappa shape index (κ3) is 1.68. The molecule has 2 saturated carbocycles. The Balaban J connectivity index is 2.02. The monoisotopic (exact) mass is 266 g/mol. The summed E-state index contributed by atoms with van der Waals surface area (Å²) in [6.45, 7) is 11.4. The Morgan fingerprint density at radius 1 is 1.47 bits per heavy atom. The van der Waals surface area contributed by atoms with E-state index in [0.29, 0.717) is 17.8 Å². The van der Waals surface area contributed by atoms with E-state index in [9.17, 15) is 5.11 Å². The first kappa shape index (κ1) is 13.6. The summed E-state index contributed by atoms with van der Waals surface area (Å²) in [5.41, 5.74) is 0.834. The Morgan fingerprint density at radius 2 is 2.16 bits per heavy atom. The van der Waals surface area contributed by atoms with Gasteiger partial charge in [-0.25, -0.2) is 0 Å². The molecule has 0 aromatic rings. The highest BCUT2D eigenvalue weighted by molar-refractivity contribution is 5.29. The van der Waals surface area contributed by atoms with Gasteiger partial charge in [-0.05, 0) is 49.9 Å². The van der Waals surface area contributed by atoms with Gasteiger partial charge in [-0.3, -0.25) is 0 Å². The number of rotatable bonds is 2. The van der Waals surface area contributed by atoms with Crippen LogP contribution in [0.3, 0.4) is 0 Å². The lowest BCUT2D eigenvalue weighted by Crippen LogP contribution is -2.43. The number of fused-ring (bicyclic) bond motifs is 5. The topological polar surface area (TPSA) is 38.7 Å². The largest absolute Gasteiger partial charge is 0.390 e. The second kappa shape index (κ2) is 4.06. The van der Waals surface area contributed by atoms with E-state index in [-0.39, 0.29) is 17.6 Å². The van der Waals surface area contributed by atoms with Gasteiger partial charge in [0.05, 0.1) is 12.2 Å². The second-order valence-corrected chi connectivity index (χ2v) is 7.39. The van der Waals surface area contributed by atoms with Gasteiger partial charge in [-0.2, -0.15) is 0 Å². The van der Waals surface area contributed by atoms with Crippen molar-refractivity contribution in [1.29, 1.82) is 0 Å². The van der Waals surface area contributed by atoms with E-state index in [4.69, 9.17) is 9.47 Å². The Labute approximate surface area is 116 Å². The summed E-state index contributed by atoms with van der Waals surface area (Å²) < 4.78 is 11.4. The van der Waals surface area contributed by atoms with Crippen LogP contribution in [0.15, 0.2) is 12.2 Å². The molecule has 2 aliphatic carbocycles. The lowest BCUT2D eigenvalue weighted by Gasteiger charge is -2.44. The van der Waals surface area contributed by atoms with Crippen molar-refractivity contribution in [3.63, 3.8) is 0 Å². The van der Waals surface area contributed by atoms with Crippen LogP contribution in [-0.4, -0.2) is 30.7 Å². The van der Waals surface area contributed by atoms with E-state index >= 15 is 0 Å². The maximum Gasteiger partial charge on any atom is 0.160 e. The number of methoxy groups -OCH3 is 1. The molecule has 0 aromatic carbocycles. The van der Waals surface area contributed by atoms with E-state index < -0.39 is 5.60 Å². The number of ether oxygens (including phenoxy) is 2. The van der Waals surface area contributed by atoms with Crippen molar-refractivity contribution in [3.05, 3.63) is 12.2 Å². The highest BCUT2D eigenvalue weighted by atomic mass is 16.7. The Bertz CT molecular complexity index is 397. The maximum atomic E-state index is 10.5. The molecule has 1 N–H and O–H groups in total. The van der Waals surface area contributed by atoms with Crippen LogP contribution in [0.5, 0.6) is 0 Å². The van der Waals surface area contributed by atoms with Crippen molar-refractivity contribution in [2.24, 2.45) is 29.1 Å². The fraction of sp³-hybridized carbons (Fsp3) is 0.875. The summed E-state index contributed by atoms with van der Waals surface area (Å²) in [6.07, 6.45) is 2.06. The van der Waals surface area contributed by atoms with Crippen LogP contribution in [0.4, 0.5) is 0 Å². The second-order valence-electron chi connectivity index (χ2n) is 7.39. The summed E-state index contributed by atoms with van der Waals surface area (Å²) in [4.78, 5) is 0. The predicted molar refractivity (Wildman–Crippen MR) is 73.5 cm³/mol. The molecular weight excluding hydrogens is 240 g/mol. The molecule has 1 heterocycles. The molecule has 3 nitrogen and oxygen atoms in total. The van der Waals surface area contributed by atoms with Crippen molar-refractivity contribution in [2.45, 2.75) is 45.5 Å². The molecule has 6 atom stereocenters. The molecule has 108 valence electrons. The quantitative estimate of drug-likeness (QED) is 0.781. The SMILES string of the molecule is C=C1C2[C@H]3[C@H](OC)OC[C@H]3C1(C)CC[C@@H]2C(C)(C)O. The van der Waals surface area contributed by atoms with Crippen LogP contribution < -0.4 is 0 Å². The minimum Gasteiger partial charge on any atom is -0.390 e. The van der Waals surface area contributed by atoms with Crippen molar-refractivity contribution in [3.8, 4) is 0 Å². The summed E-state index contributed by atoms with van der Waals surface area (Å²) >= 11 is 0. The molecule has 1 saturated heterocycles. The van der Waals surface area contributed by atoms with Crippen LogP contribution in [-0.2, 0) is 9.47 Å². The van der Waals surface area contributed by atoms with E-state index in [1.807, 2.05) is 13.8 Å². The van der Waals surface area contributed by atoms with E-state index in [1.54, 1.807) is 7.11 Å². The van der Waals surface area contributed by atoms with Gasteiger partial charge < -0.3 is 14.6 Å². The van der Waals surface area contributed by atoms with Crippen LogP contribution in [0, 0.1) is 29.1 Å². The predicted octanol–water partition coefficient (Wildman–Crippen LogP) is 2.59. The lowest BCUT2D eigenvalue weighted by atomic mass is 9.63. The molecule has 3 rings (SSSR count). The smallest absolute Gasteiger partial charge is 0.160 e. The number of aliphatic hydroxyl groups is 1. The van der Waals surface area contributed by atoms with Gasteiger partial charge in [0.25, 0.3) is 0 Å². The first-order valence-electron chi connectivity index (χ1n) is 7.36. The number of allylic oxidation sites excluding steroid dienone is 1. The number of hydrogen-bond acceptors (Lipinski definition) is 3. The van der Waals surface area contributed by atoms with Crippen molar-refractivity contribution in [1.82, 2.24) is 0 Å². The summed E-state index contributed by atoms with van der Waals surface area (Å²) in [5.74, 6) is 1.46. The standard InChI is InChI=1S/C16H26O3/c1-9-12-10(15(2,3)17)6-7-16(9,4)11-8-19-14(18-5)13(11)12/h10-14,17H,1,6-8H2,2-5H3/t10-,11+,12?,13-,14+,16?/m0/s1. The Morgan fingerprint density at radius 3 is 2.74 bits per heavy atom. The maximum absolute atomic E-state index is 10.5. The zero-order valence-electron chi connectivity index (χ0n) is 12.5. The lowest BCUT2D eigenvalue weighted by molar-refractivity contribution is -0.129. The normalized spacial score (nSPS) is 49.5. The minimum absolute atomic E-state index is 0.128. The molecule has 0 amide bonds. The van der Waals surface area contributed by atoms with Gasteiger partial charge in [0.2, 0.25) is 0 Å². The molecule has 2 bridgehead atoms. The highest BCUT2D eigenvalue weighted by Crippen LogP contribution is 2.66. The average molecular weight is 266 g/mol. The van der Waals surface area contributed by atoms with Gasteiger partial charge >= 0.3 is 0 Å². The molecule has 3 heteroatoms. The highest BCUT2D eigenvalue weighted by Gasteiger charge is 2.64. The average Bonchev–Trinajstić information content (AvgIpc) is 2.78. The molecule has 0 aromatic heterocycles. The molecule has 1 aliphatic heterocycles. The van der Waals surface area contributed by atoms with Gasteiger partial charge in [-0.15, -0.1) is 0 Å². The number of hydrogen-bond donors (Lipinski definition) is 1. The molecule has 19 heavy (non-hydrogen) atoms. The summed E-state index contributed by atoms with van der Waals surface area (Å²) in [5, 5.41) is 10.5. The van der Waals surface area contributed by atoms with Crippen LogP contribution >= 0.6 is 0 Å². The van der Waals surface area contributed by atoms with Gasteiger partial charge in [0.15, 0.2) is 6.29 Å². The molecule has 0 spiro atoms. The van der Waals surface area contributed by atoms with Crippen LogP contribution in [0.2, 0.25) is 0 Å². The van der Waals surface area contributed by atoms with E-state index in [0.717, 1.165) is 19.4 Å². The fourth-order valence-corrected chi connectivity index (χ4v) is 5.00. The first-order valence-corrected chi connectivity index (χ1v) is 7.36. The van der Waals surface area contributed by atoms with Gasteiger partial charge in [-0.1, -0.05) is 19.1 Å².